The molecular formula is C11H28O7P2S2. The highest BCUT2D eigenvalue weighted by molar-refractivity contribution is 8.14. The SMILES string of the molecule is CCOP(=S)(OCC)OP(=S)(OCC)OCC.OCCCO. The molecule has 0 aliphatic rings. The van der Waals surface area contributed by atoms with E-state index in [2.05, 4.69) is 0 Å². The van der Waals surface area contributed by atoms with E-state index < -0.39 is 13.4 Å². The average Bonchev–Trinajstić information content (AvgIpc) is 2.40. The van der Waals surface area contributed by atoms with Gasteiger partial charge in [-0.1, -0.05) is 0 Å². The van der Waals surface area contributed by atoms with Crippen molar-refractivity contribution >= 4 is 37.1 Å². The molecule has 0 aliphatic heterocycles. The minimum absolute atomic E-state index is 0.0938. The van der Waals surface area contributed by atoms with Crippen LogP contribution >= 0.6 is 13.4 Å². The van der Waals surface area contributed by atoms with Crippen molar-refractivity contribution in [3.63, 3.8) is 0 Å². The second kappa shape index (κ2) is 15.5. The van der Waals surface area contributed by atoms with Crippen LogP contribution < -0.4 is 0 Å². The zero-order valence-corrected chi connectivity index (χ0v) is 17.0. The van der Waals surface area contributed by atoms with Crippen LogP contribution in [0.3, 0.4) is 0 Å². The molecule has 7 nitrogen and oxygen atoms in total. The van der Waals surface area contributed by atoms with Gasteiger partial charge in [-0.3, -0.25) is 0 Å². The highest BCUT2D eigenvalue weighted by atomic mass is 32.5. The third-order valence-corrected chi connectivity index (χ3v) is 8.03. The maximum Gasteiger partial charge on any atom is 0.334 e. The fourth-order valence-electron chi connectivity index (χ4n) is 0.994. The minimum atomic E-state index is -2.87. The van der Waals surface area contributed by atoms with Gasteiger partial charge in [0.25, 0.3) is 0 Å². The fraction of sp³-hybridized carbons (Fsp3) is 1.00. The number of aliphatic hydroxyl groups excluding tert-OH is 2. The van der Waals surface area contributed by atoms with Gasteiger partial charge >= 0.3 is 13.4 Å². The second-order valence-corrected chi connectivity index (χ2v) is 9.61. The summed E-state index contributed by atoms with van der Waals surface area (Å²) < 4.78 is 26.9. The maximum absolute atomic E-state index is 7.91. The van der Waals surface area contributed by atoms with Crippen LogP contribution in [0.2, 0.25) is 0 Å². The van der Waals surface area contributed by atoms with E-state index in [-0.39, 0.29) is 13.2 Å². The van der Waals surface area contributed by atoms with Crippen molar-refractivity contribution in [2.24, 2.45) is 0 Å². The van der Waals surface area contributed by atoms with E-state index in [1.807, 2.05) is 27.7 Å². The summed E-state index contributed by atoms with van der Waals surface area (Å²) in [5.74, 6) is 0. The molecule has 0 bridgehead atoms. The molecule has 0 saturated heterocycles. The molecule has 0 unspecified atom stereocenters. The van der Waals surface area contributed by atoms with Crippen LogP contribution in [0.1, 0.15) is 34.1 Å². The first-order chi connectivity index (χ1) is 10.4. The van der Waals surface area contributed by atoms with Crippen molar-refractivity contribution in [1.82, 2.24) is 0 Å². The Bertz CT molecular complexity index is 294. The van der Waals surface area contributed by atoms with E-state index in [0.29, 0.717) is 32.8 Å². The molecule has 0 aromatic heterocycles. The van der Waals surface area contributed by atoms with Gasteiger partial charge in [-0.2, -0.15) is 0 Å². The standard InChI is InChI=1S/C8H20O5P2S2.C3H8O2/c1-5-9-14(16,10-6-2)13-15(17,11-7-3)12-8-4;4-2-1-3-5/h5-8H2,1-4H3;4-5H,1-3H2. The summed E-state index contributed by atoms with van der Waals surface area (Å²) in [7, 11) is 0. The molecule has 0 atom stereocenters. The fourth-order valence-corrected chi connectivity index (χ4v) is 7.37. The van der Waals surface area contributed by atoms with E-state index in [9.17, 15) is 0 Å². The quantitative estimate of drug-likeness (QED) is 0.482. The van der Waals surface area contributed by atoms with Crippen LogP contribution in [0.5, 0.6) is 0 Å². The number of hydrogen-bond donors (Lipinski definition) is 2. The van der Waals surface area contributed by atoms with Crippen LogP contribution in [0.15, 0.2) is 0 Å². The smallest absolute Gasteiger partial charge is 0.334 e. The van der Waals surface area contributed by atoms with Crippen LogP contribution in [-0.2, 0) is 46.0 Å². The predicted molar refractivity (Wildman–Crippen MR) is 94.9 cm³/mol. The molecule has 0 saturated carbocycles. The lowest BCUT2D eigenvalue weighted by atomic mass is 10.5. The average molecular weight is 398 g/mol. The Labute approximate surface area is 143 Å². The summed E-state index contributed by atoms with van der Waals surface area (Å²) in [4.78, 5) is 0. The lowest BCUT2D eigenvalue weighted by molar-refractivity contribution is 0.176. The molecule has 0 aromatic rings. The molecule has 11 heteroatoms. The molecule has 136 valence electrons. The third kappa shape index (κ3) is 13.5. The van der Waals surface area contributed by atoms with Crippen molar-refractivity contribution in [3.8, 4) is 0 Å². The summed E-state index contributed by atoms with van der Waals surface area (Å²) in [5.41, 5.74) is 0. The van der Waals surface area contributed by atoms with Crippen molar-refractivity contribution in [1.29, 1.82) is 0 Å². The first-order valence-corrected chi connectivity index (χ1v) is 12.2. The highest BCUT2D eigenvalue weighted by Gasteiger charge is 2.31. The van der Waals surface area contributed by atoms with E-state index >= 15 is 0 Å². The second-order valence-electron chi connectivity index (χ2n) is 3.45. The van der Waals surface area contributed by atoms with Gasteiger partial charge in [-0.25, -0.2) is 4.31 Å². The van der Waals surface area contributed by atoms with Crippen LogP contribution in [0.25, 0.3) is 0 Å². The number of hydrogen-bond acceptors (Lipinski definition) is 9. The van der Waals surface area contributed by atoms with Gasteiger partial charge in [0, 0.05) is 13.2 Å². The van der Waals surface area contributed by atoms with E-state index in [1.54, 1.807) is 0 Å². The Hall–Kier alpha value is 1.02. The first-order valence-electron chi connectivity index (χ1n) is 7.08. The number of aliphatic hydroxyl groups is 2. The molecule has 22 heavy (non-hydrogen) atoms. The van der Waals surface area contributed by atoms with Gasteiger partial charge in [0.1, 0.15) is 0 Å². The van der Waals surface area contributed by atoms with Crippen molar-refractivity contribution < 1.29 is 32.6 Å². The molecule has 0 aromatic carbocycles. The Morgan fingerprint density at radius 3 is 1.09 bits per heavy atom. The monoisotopic (exact) mass is 398 g/mol. The van der Waals surface area contributed by atoms with Gasteiger partial charge < -0.3 is 28.3 Å². The lowest BCUT2D eigenvalue weighted by Gasteiger charge is -2.27. The molecule has 0 aliphatic carbocycles. The molecular weight excluding hydrogens is 370 g/mol. The lowest BCUT2D eigenvalue weighted by Crippen LogP contribution is -2.03. The molecule has 0 spiro atoms. The van der Waals surface area contributed by atoms with Gasteiger partial charge in [0.15, 0.2) is 0 Å². The van der Waals surface area contributed by atoms with Crippen LogP contribution in [-0.4, -0.2) is 49.9 Å². The Morgan fingerprint density at radius 1 is 0.682 bits per heavy atom. The van der Waals surface area contributed by atoms with Crippen LogP contribution in [0, 0.1) is 0 Å². The summed E-state index contributed by atoms with van der Waals surface area (Å²) in [6.45, 7) is 3.27. The maximum atomic E-state index is 7.91. The van der Waals surface area contributed by atoms with E-state index in [4.69, 9.17) is 56.2 Å². The summed E-state index contributed by atoms with van der Waals surface area (Å²) in [6.07, 6.45) is 0.500. The van der Waals surface area contributed by atoms with Gasteiger partial charge in [0.05, 0.1) is 26.4 Å². The van der Waals surface area contributed by atoms with Gasteiger partial charge in [0.2, 0.25) is 0 Å². The molecule has 0 heterocycles. The summed E-state index contributed by atoms with van der Waals surface area (Å²) in [5, 5.41) is 15.8. The Morgan fingerprint density at radius 2 is 0.955 bits per heavy atom. The van der Waals surface area contributed by atoms with Crippen molar-refractivity contribution in [2.75, 3.05) is 39.6 Å². The molecule has 0 amide bonds. The largest absolute Gasteiger partial charge is 0.396 e. The van der Waals surface area contributed by atoms with Crippen molar-refractivity contribution in [2.45, 2.75) is 34.1 Å². The van der Waals surface area contributed by atoms with E-state index in [1.165, 1.54) is 0 Å². The molecule has 0 rings (SSSR count). The summed E-state index contributed by atoms with van der Waals surface area (Å²) in [6, 6.07) is 0. The Kier molecular flexibility index (Phi) is 17.8. The molecule has 0 radical (unpaired) electrons. The normalized spacial score (nSPS) is 11.9. The van der Waals surface area contributed by atoms with Gasteiger partial charge in [-0.05, 0) is 57.7 Å². The molecule has 0 fully saturated rings. The van der Waals surface area contributed by atoms with Crippen LogP contribution in [0.4, 0.5) is 0 Å². The molecule has 2 N–H and O–H groups in total. The predicted octanol–water partition coefficient (Wildman–Crippen LogP) is 2.96. The topological polar surface area (TPSA) is 86.6 Å². The van der Waals surface area contributed by atoms with Crippen molar-refractivity contribution in [3.05, 3.63) is 0 Å². The Balaban J connectivity index is 0. The third-order valence-electron chi connectivity index (χ3n) is 1.67. The zero-order chi connectivity index (χ0) is 17.5. The highest BCUT2D eigenvalue weighted by Crippen LogP contribution is 2.66. The minimum Gasteiger partial charge on any atom is -0.396 e. The number of rotatable bonds is 12. The first kappa shape index (κ1) is 25.3. The summed E-state index contributed by atoms with van der Waals surface area (Å²) >= 11 is 10.4. The van der Waals surface area contributed by atoms with Gasteiger partial charge in [-0.15, -0.1) is 0 Å². The zero-order valence-electron chi connectivity index (χ0n) is 13.6. The van der Waals surface area contributed by atoms with E-state index in [0.717, 1.165) is 0 Å².